The first-order valence-electron chi connectivity index (χ1n) is 20.4. The van der Waals surface area contributed by atoms with E-state index in [0.29, 0.717) is 16.9 Å². The molecule has 0 amide bonds. The van der Waals surface area contributed by atoms with E-state index in [-0.39, 0.29) is 0 Å². The third kappa shape index (κ3) is 5.05. The van der Waals surface area contributed by atoms with Crippen molar-refractivity contribution in [1.82, 2.24) is 13.7 Å². The normalized spacial score (nSPS) is 11.6. The molecule has 0 N–H and O–H groups in total. The van der Waals surface area contributed by atoms with Crippen molar-refractivity contribution in [2.75, 3.05) is 0 Å². The zero-order valence-corrected chi connectivity index (χ0v) is 32.8. The number of benzene rings is 9. The first-order chi connectivity index (χ1) is 30.2. The van der Waals surface area contributed by atoms with E-state index in [0.717, 1.165) is 99.0 Å². The standard InChI is InChI=1S/C56H33N5/c1-58-55-51(60-48-26-14-12-23-43(48)45-33-52-44(34-53(45)60)42-22-11-13-25-47(42)59(52)40-20-9-4-10-21-40)31-29-39(35-57)56(55)61-49-30-28-38(36-16-5-2-6-17-36)32-46(49)54-41(24-15-27-50(54)61)37-18-7-3-8-19-37/h2-34H. The van der Waals surface area contributed by atoms with E-state index in [9.17, 15) is 5.26 Å². The molecule has 282 valence electrons. The van der Waals surface area contributed by atoms with Crippen molar-refractivity contribution in [3.63, 3.8) is 0 Å². The molecule has 12 aromatic rings. The number of hydrogen-bond acceptors (Lipinski definition) is 1. The maximum absolute atomic E-state index is 10.9. The molecule has 9 aromatic carbocycles. The number of rotatable bonds is 5. The molecule has 3 heterocycles. The van der Waals surface area contributed by atoms with Gasteiger partial charge in [0.05, 0.1) is 62.7 Å². The van der Waals surface area contributed by atoms with Gasteiger partial charge in [0.1, 0.15) is 0 Å². The van der Waals surface area contributed by atoms with E-state index in [1.165, 1.54) is 0 Å². The first kappa shape index (κ1) is 34.4. The number of fused-ring (bicyclic) bond motifs is 9. The van der Waals surface area contributed by atoms with Crippen molar-refractivity contribution in [1.29, 1.82) is 5.26 Å². The number of aromatic nitrogens is 3. The monoisotopic (exact) mass is 775 g/mol. The van der Waals surface area contributed by atoms with Gasteiger partial charge in [-0.05, 0) is 89.0 Å². The van der Waals surface area contributed by atoms with Gasteiger partial charge < -0.3 is 13.7 Å². The summed E-state index contributed by atoms with van der Waals surface area (Å²) in [6.45, 7) is 8.98. The van der Waals surface area contributed by atoms with Crippen LogP contribution in [0.4, 0.5) is 5.69 Å². The highest BCUT2D eigenvalue weighted by molar-refractivity contribution is 6.20. The summed E-state index contributed by atoms with van der Waals surface area (Å²) in [6, 6.07) is 72.2. The summed E-state index contributed by atoms with van der Waals surface area (Å²) in [5.74, 6) is 0. The van der Waals surface area contributed by atoms with Gasteiger partial charge >= 0.3 is 0 Å². The highest BCUT2D eigenvalue weighted by Gasteiger charge is 2.26. The lowest BCUT2D eigenvalue weighted by atomic mass is 9.97. The lowest BCUT2D eigenvalue weighted by Crippen LogP contribution is -2.03. The summed E-state index contributed by atoms with van der Waals surface area (Å²) in [5, 5.41) is 17.5. The molecule has 0 fully saturated rings. The Morgan fingerprint density at radius 1 is 0.410 bits per heavy atom. The summed E-state index contributed by atoms with van der Waals surface area (Å²) in [4.78, 5) is 4.37. The van der Waals surface area contributed by atoms with E-state index < -0.39 is 0 Å². The Morgan fingerprint density at radius 3 is 1.66 bits per heavy atom. The third-order valence-electron chi connectivity index (χ3n) is 12.3. The summed E-state index contributed by atoms with van der Waals surface area (Å²) >= 11 is 0. The minimum absolute atomic E-state index is 0.407. The quantitative estimate of drug-likeness (QED) is 0.161. The Labute approximate surface area is 351 Å². The Kier molecular flexibility index (Phi) is 7.59. The van der Waals surface area contributed by atoms with Gasteiger partial charge in [-0.25, -0.2) is 4.85 Å². The van der Waals surface area contributed by atoms with E-state index >= 15 is 0 Å². The number of nitriles is 1. The van der Waals surface area contributed by atoms with Crippen LogP contribution in [0.3, 0.4) is 0 Å². The van der Waals surface area contributed by atoms with E-state index in [1.807, 2.05) is 30.3 Å². The summed E-state index contributed by atoms with van der Waals surface area (Å²) < 4.78 is 6.73. The molecule has 61 heavy (non-hydrogen) atoms. The molecule has 0 saturated carbocycles. The molecule has 0 aliphatic rings. The number of nitrogens with zero attached hydrogens (tertiary/aromatic N) is 5. The molecule has 0 atom stereocenters. The van der Waals surface area contributed by atoms with Crippen molar-refractivity contribution in [2.24, 2.45) is 0 Å². The number of hydrogen-bond donors (Lipinski definition) is 0. The van der Waals surface area contributed by atoms with Crippen molar-refractivity contribution >= 4 is 71.1 Å². The highest BCUT2D eigenvalue weighted by Crippen LogP contribution is 2.46. The van der Waals surface area contributed by atoms with Crippen LogP contribution in [0, 0.1) is 17.9 Å². The molecule has 0 aliphatic heterocycles. The van der Waals surface area contributed by atoms with Gasteiger partial charge in [0.15, 0.2) is 0 Å². The minimum Gasteiger partial charge on any atom is -0.319 e. The molecular formula is C56H33N5. The van der Waals surface area contributed by atoms with Crippen LogP contribution < -0.4 is 0 Å². The van der Waals surface area contributed by atoms with Gasteiger partial charge in [-0.3, -0.25) is 0 Å². The molecule has 5 heteroatoms. The molecule has 0 saturated heterocycles. The summed E-state index contributed by atoms with van der Waals surface area (Å²) in [7, 11) is 0. The number of para-hydroxylation sites is 3. The fraction of sp³-hybridized carbons (Fsp3) is 0. The van der Waals surface area contributed by atoms with Crippen LogP contribution in [0.15, 0.2) is 200 Å². The fourth-order valence-electron chi connectivity index (χ4n) is 9.70. The predicted molar refractivity (Wildman–Crippen MR) is 251 cm³/mol. The van der Waals surface area contributed by atoms with Crippen LogP contribution in [0.25, 0.3) is 110 Å². The maximum Gasteiger partial charge on any atom is 0.235 e. The molecule has 0 spiro atoms. The molecule has 0 bridgehead atoms. The zero-order valence-electron chi connectivity index (χ0n) is 32.8. The van der Waals surface area contributed by atoms with Crippen molar-refractivity contribution in [3.8, 4) is 45.4 Å². The van der Waals surface area contributed by atoms with E-state index in [2.05, 4.69) is 194 Å². The Hall–Kier alpha value is -8.64. The van der Waals surface area contributed by atoms with E-state index in [1.54, 1.807) is 0 Å². The van der Waals surface area contributed by atoms with Gasteiger partial charge in [-0.1, -0.05) is 133 Å². The molecular weight excluding hydrogens is 743 g/mol. The fourth-order valence-corrected chi connectivity index (χ4v) is 9.70. The third-order valence-corrected chi connectivity index (χ3v) is 12.3. The second-order valence-electron chi connectivity index (χ2n) is 15.5. The molecule has 12 rings (SSSR count). The lowest BCUT2D eigenvalue weighted by molar-refractivity contribution is 1.14. The van der Waals surface area contributed by atoms with Gasteiger partial charge in [-0.2, -0.15) is 5.26 Å². The minimum atomic E-state index is 0.407. The van der Waals surface area contributed by atoms with Crippen LogP contribution in [0.2, 0.25) is 0 Å². The van der Waals surface area contributed by atoms with Crippen LogP contribution in [0.1, 0.15) is 5.56 Å². The lowest BCUT2D eigenvalue weighted by Gasteiger charge is -2.17. The molecule has 5 nitrogen and oxygen atoms in total. The molecule has 0 aliphatic carbocycles. The average molecular weight is 776 g/mol. The highest BCUT2D eigenvalue weighted by atomic mass is 15.1. The smallest absolute Gasteiger partial charge is 0.235 e. The van der Waals surface area contributed by atoms with Gasteiger partial charge in [0.25, 0.3) is 0 Å². The largest absolute Gasteiger partial charge is 0.319 e. The second kappa shape index (κ2) is 13.5. The Balaban J connectivity index is 1.19. The van der Waals surface area contributed by atoms with Crippen molar-refractivity contribution < 1.29 is 0 Å². The first-order valence-corrected chi connectivity index (χ1v) is 20.4. The Bertz CT molecular complexity index is 3820. The van der Waals surface area contributed by atoms with E-state index in [4.69, 9.17) is 6.57 Å². The van der Waals surface area contributed by atoms with Crippen LogP contribution >= 0.6 is 0 Å². The van der Waals surface area contributed by atoms with Crippen LogP contribution in [-0.4, -0.2) is 13.7 Å². The molecule has 0 radical (unpaired) electrons. The van der Waals surface area contributed by atoms with Gasteiger partial charge in [0.2, 0.25) is 5.69 Å². The maximum atomic E-state index is 10.9. The second-order valence-corrected chi connectivity index (χ2v) is 15.5. The van der Waals surface area contributed by atoms with Crippen molar-refractivity contribution in [2.45, 2.75) is 0 Å². The van der Waals surface area contributed by atoms with Gasteiger partial charge in [-0.15, -0.1) is 0 Å². The topological polar surface area (TPSA) is 42.9 Å². The Morgan fingerprint density at radius 2 is 0.984 bits per heavy atom. The van der Waals surface area contributed by atoms with Crippen LogP contribution in [0.5, 0.6) is 0 Å². The van der Waals surface area contributed by atoms with Crippen LogP contribution in [-0.2, 0) is 0 Å². The SMILES string of the molecule is [C-]#[N+]c1c(-n2c3ccccc3c3cc4c(cc32)c2ccccc2n4-c2ccccc2)ccc(C#N)c1-n1c2ccc(-c3ccccc3)cc2c2c(-c3ccccc3)cccc21. The van der Waals surface area contributed by atoms with Crippen molar-refractivity contribution in [3.05, 3.63) is 217 Å². The zero-order chi connectivity index (χ0) is 40.6. The summed E-state index contributed by atoms with van der Waals surface area (Å²) in [6.07, 6.45) is 0. The summed E-state index contributed by atoms with van der Waals surface area (Å²) in [5.41, 5.74) is 13.7. The molecule has 3 aromatic heterocycles. The van der Waals surface area contributed by atoms with Gasteiger partial charge in [0, 0.05) is 38.0 Å². The predicted octanol–water partition coefficient (Wildman–Crippen LogP) is 14.7. The molecule has 0 unspecified atom stereocenters. The average Bonchev–Trinajstić information content (AvgIpc) is 3.96.